The molecule has 0 amide bonds. The van der Waals surface area contributed by atoms with Gasteiger partial charge in [-0.05, 0) is 42.8 Å². The van der Waals surface area contributed by atoms with E-state index in [2.05, 4.69) is 5.10 Å². The largest absolute Gasteiger partial charge is 0.455 e. The first-order chi connectivity index (χ1) is 14.4. The van der Waals surface area contributed by atoms with Crippen LogP contribution in [0.15, 0.2) is 65.7 Å². The molecule has 0 aliphatic heterocycles. The van der Waals surface area contributed by atoms with Gasteiger partial charge in [0.15, 0.2) is 0 Å². The number of carbonyl (C=O) groups is 1. The number of para-hydroxylation sites is 1. The highest BCUT2D eigenvalue weighted by atomic mass is 32.2. The monoisotopic (exact) mass is 427 g/mol. The fourth-order valence-electron chi connectivity index (χ4n) is 3.07. The summed E-state index contributed by atoms with van der Waals surface area (Å²) < 4.78 is 34.0. The van der Waals surface area contributed by atoms with Crippen LogP contribution in [0.25, 0.3) is 5.69 Å². The lowest BCUT2D eigenvalue weighted by atomic mass is 10.1. The zero-order valence-electron chi connectivity index (χ0n) is 17.3. The molecule has 0 bridgehead atoms. The van der Waals surface area contributed by atoms with Crippen LogP contribution in [0.1, 0.15) is 35.5 Å². The summed E-state index contributed by atoms with van der Waals surface area (Å²) in [5.74, 6) is -0.585. The van der Waals surface area contributed by atoms with Crippen molar-refractivity contribution in [3.63, 3.8) is 0 Å². The van der Waals surface area contributed by atoms with Gasteiger partial charge in [0, 0.05) is 19.3 Å². The van der Waals surface area contributed by atoms with Crippen LogP contribution in [0.4, 0.5) is 0 Å². The third-order valence-corrected chi connectivity index (χ3v) is 6.83. The molecule has 0 saturated heterocycles. The van der Waals surface area contributed by atoms with Gasteiger partial charge in [-0.25, -0.2) is 17.9 Å². The van der Waals surface area contributed by atoms with Crippen molar-refractivity contribution in [2.24, 2.45) is 0 Å². The molecule has 0 spiro atoms. The quantitative estimate of drug-likeness (QED) is 0.514. The Morgan fingerprint density at radius 2 is 1.77 bits per heavy atom. The lowest BCUT2D eigenvalue weighted by Gasteiger charge is -2.19. The molecule has 0 atom stereocenters. The second kappa shape index (κ2) is 9.23. The van der Waals surface area contributed by atoms with E-state index < -0.39 is 16.0 Å². The minimum absolute atomic E-state index is 0.00880. The molecule has 158 valence electrons. The third kappa shape index (κ3) is 4.60. The molecule has 3 aromatic rings. The van der Waals surface area contributed by atoms with Crippen molar-refractivity contribution in [3.05, 3.63) is 77.6 Å². The second-order valence-corrected chi connectivity index (χ2v) is 8.67. The Kier molecular flexibility index (Phi) is 6.69. The topological polar surface area (TPSA) is 81.5 Å². The summed E-state index contributed by atoms with van der Waals surface area (Å²) in [5, 5.41) is 4.41. The maximum atomic E-state index is 12.8. The number of hydrogen-bond acceptors (Lipinski definition) is 5. The van der Waals surface area contributed by atoms with Crippen molar-refractivity contribution < 1.29 is 17.9 Å². The van der Waals surface area contributed by atoms with Crippen LogP contribution in [0, 0.1) is 6.92 Å². The van der Waals surface area contributed by atoms with Gasteiger partial charge in [-0.3, -0.25) is 0 Å². The molecule has 8 heteroatoms. The molecule has 1 heterocycles. The highest BCUT2D eigenvalue weighted by molar-refractivity contribution is 7.89. The zero-order chi connectivity index (χ0) is 21.7. The molecule has 1 aromatic heterocycles. The van der Waals surface area contributed by atoms with E-state index in [0.29, 0.717) is 24.3 Å². The minimum atomic E-state index is -3.66. The first kappa shape index (κ1) is 21.7. The van der Waals surface area contributed by atoms with Gasteiger partial charge in [0.05, 0.1) is 16.1 Å². The lowest BCUT2D eigenvalue weighted by Crippen LogP contribution is -2.30. The van der Waals surface area contributed by atoms with Crippen LogP contribution >= 0.6 is 0 Å². The van der Waals surface area contributed by atoms with Crippen molar-refractivity contribution in [2.45, 2.75) is 32.3 Å². The molecule has 0 N–H and O–H groups in total. The number of sulfonamides is 1. The van der Waals surface area contributed by atoms with Gasteiger partial charge < -0.3 is 4.74 Å². The summed E-state index contributed by atoms with van der Waals surface area (Å²) in [6, 6.07) is 15.9. The Balaban J connectivity index is 1.75. The fourth-order valence-corrected chi connectivity index (χ4v) is 4.56. The predicted molar refractivity (Wildman–Crippen MR) is 114 cm³/mol. The van der Waals surface area contributed by atoms with E-state index >= 15 is 0 Å². The normalized spacial score (nSPS) is 11.6. The van der Waals surface area contributed by atoms with Gasteiger partial charge in [0.2, 0.25) is 10.0 Å². The summed E-state index contributed by atoms with van der Waals surface area (Å²) in [4.78, 5) is 12.7. The smallest absolute Gasteiger partial charge is 0.338 e. The first-order valence-electron chi connectivity index (χ1n) is 9.74. The highest BCUT2D eigenvalue weighted by Gasteiger charge is 2.24. The predicted octanol–water partition coefficient (Wildman–Crippen LogP) is 3.57. The van der Waals surface area contributed by atoms with E-state index in [4.69, 9.17) is 4.74 Å². The number of aryl methyl sites for hydroxylation is 1. The number of ether oxygens (including phenoxy) is 1. The SMILES string of the molecule is CCN(CC)S(=O)(=O)c1ccc(C)c(C(=O)OCc2ccn(-c3ccccc3)n2)c1. The van der Waals surface area contributed by atoms with Crippen molar-refractivity contribution in [1.29, 1.82) is 0 Å². The average Bonchev–Trinajstić information content (AvgIpc) is 3.22. The number of carbonyl (C=O) groups excluding carboxylic acids is 1. The van der Waals surface area contributed by atoms with Crippen LogP contribution in [-0.4, -0.2) is 41.6 Å². The molecule has 7 nitrogen and oxygen atoms in total. The van der Waals surface area contributed by atoms with E-state index in [1.165, 1.54) is 16.4 Å². The molecule has 0 fully saturated rings. The van der Waals surface area contributed by atoms with Crippen molar-refractivity contribution in [2.75, 3.05) is 13.1 Å². The Hall–Kier alpha value is -2.97. The van der Waals surface area contributed by atoms with E-state index in [1.807, 2.05) is 30.3 Å². The number of esters is 1. The zero-order valence-corrected chi connectivity index (χ0v) is 18.1. The summed E-state index contributed by atoms with van der Waals surface area (Å²) in [6.45, 7) is 6.00. The van der Waals surface area contributed by atoms with Gasteiger partial charge >= 0.3 is 5.97 Å². The van der Waals surface area contributed by atoms with Crippen molar-refractivity contribution in [3.8, 4) is 5.69 Å². The molecular formula is C22H25N3O4S. The first-order valence-corrected chi connectivity index (χ1v) is 11.2. The molecule has 0 aliphatic carbocycles. The maximum Gasteiger partial charge on any atom is 0.338 e. The number of aromatic nitrogens is 2. The Labute approximate surface area is 177 Å². The number of hydrogen-bond donors (Lipinski definition) is 0. The second-order valence-electron chi connectivity index (χ2n) is 6.73. The molecule has 0 radical (unpaired) electrons. The van der Waals surface area contributed by atoms with Gasteiger partial charge in [-0.1, -0.05) is 38.1 Å². The standard InChI is InChI=1S/C22H25N3O4S/c1-4-24(5-2)30(27,28)20-12-11-17(3)21(15-20)22(26)29-16-18-13-14-25(23-18)19-9-7-6-8-10-19/h6-15H,4-5,16H2,1-3H3. The van der Waals surface area contributed by atoms with E-state index in [9.17, 15) is 13.2 Å². The van der Waals surface area contributed by atoms with Gasteiger partial charge in [-0.15, -0.1) is 0 Å². The summed E-state index contributed by atoms with van der Waals surface area (Å²) in [6.07, 6.45) is 1.79. The summed E-state index contributed by atoms with van der Waals surface area (Å²) in [5.41, 5.74) is 2.37. The summed E-state index contributed by atoms with van der Waals surface area (Å²) >= 11 is 0. The van der Waals surface area contributed by atoms with Gasteiger partial charge in [0.1, 0.15) is 12.3 Å². The van der Waals surface area contributed by atoms with Crippen molar-refractivity contribution in [1.82, 2.24) is 14.1 Å². The minimum Gasteiger partial charge on any atom is -0.455 e. The Morgan fingerprint density at radius 3 is 2.43 bits per heavy atom. The molecule has 0 saturated carbocycles. The number of rotatable bonds is 8. The summed E-state index contributed by atoms with van der Waals surface area (Å²) in [7, 11) is -3.66. The van der Waals surface area contributed by atoms with Crippen molar-refractivity contribution >= 4 is 16.0 Å². The molecule has 2 aromatic carbocycles. The van der Waals surface area contributed by atoms with Crippen LogP contribution < -0.4 is 0 Å². The fraction of sp³-hybridized carbons (Fsp3) is 0.273. The van der Waals surface area contributed by atoms with E-state index in [1.54, 1.807) is 43.8 Å². The third-order valence-electron chi connectivity index (χ3n) is 4.79. The van der Waals surface area contributed by atoms with E-state index in [-0.39, 0.29) is 17.1 Å². The van der Waals surface area contributed by atoms with E-state index in [0.717, 1.165) is 5.69 Å². The van der Waals surface area contributed by atoms with Crippen LogP contribution in [0.2, 0.25) is 0 Å². The molecule has 3 rings (SSSR count). The molecule has 0 unspecified atom stereocenters. The number of benzene rings is 2. The highest BCUT2D eigenvalue weighted by Crippen LogP contribution is 2.20. The van der Waals surface area contributed by atoms with Gasteiger partial charge in [-0.2, -0.15) is 9.40 Å². The average molecular weight is 428 g/mol. The van der Waals surface area contributed by atoms with Crippen LogP contribution in [-0.2, 0) is 21.4 Å². The lowest BCUT2D eigenvalue weighted by molar-refractivity contribution is 0.0466. The molecular weight excluding hydrogens is 402 g/mol. The molecule has 0 aliphatic rings. The Morgan fingerprint density at radius 1 is 1.07 bits per heavy atom. The van der Waals surface area contributed by atoms with Crippen LogP contribution in [0.5, 0.6) is 0 Å². The van der Waals surface area contributed by atoms with Crippen LogP contribution in [0.3, 0.4) is 0 Å². The maximum absolute atomic E-state index is 12.8. The van der Waals surface area contributed by atoms with Gasteiger partial charge in [0.25, 0.3) is 0 Å². The Bertz CT molecular complexity index is 1120. The molecule has 30 heavy (non-hydrogen) atoms. The number of nitrogens with zero attached hydrogens (tertiary/aromatic N) is 3.